The second-order valence-electron chi connectivity index (χ2n) is 2.99. The number of carbonyl (C=O) groups is 1. The van der Waals surface area contributed by atoms with Gasteiger partial charge in [0, 0.05) is 0 Å². The summed E-state index contributed by atoms with van der Waals surface area (Å²) in [6, 6.07) is 9.34. The zero-order chi connectivity index (χ0) is 11.5. The molecule has 2 nitrogen and oxygen atoms in total. The van der Waals surface area contributed by atoms with Crippen LogP contribution in [-0.2, 0) is 9.53 Å². The van der Waals surface area contributed by atoms with E-state index in [0.717, 1.165) is 3.61 Å². The van der Waals surface area contributed by atoms with Crippen molar-refractivity contribution in [3.8, 4) is 0 Å². The average molecular weight is 363 g/mol. The van der Waals surface area contributed by atoms with Crippen LogP contribution >= 0.6 is 17.9 Å². The molecule has 1 rings (SSSR count). The van der Waals surface area contributed by atoms with Crippen molar-refractivity contribution in [2.45, 2.75) is 10.9 Å². The fourth-order valence-electron chi connectivity index (χ4n) is 1.09. The van der Waals surface area contributed by atoms with E-state index in [-0.39, 0.29) is 5.97 Å². The summed E-state index contributed by atoms with van der Waals surface area (Å²) in [6.45, 7) is 1.72. The van der Waals surface area contributed by atoms with Crippen molar-refractivity contribution < 1.29 is 9.53 Å². The molecule has 0 spiro atoms. The van der Waals surface area contributed by atoms with Gasteiger partial charge in [-0.2, -0.15) is 0 Å². The first-order valence-electron chi connectivity index (χ1n) is 4.34. The zero-order valence-corrected chi connectivity index (χ0v) is 12.3. The van der Waals surface area contributed by atoms with E-state index in [9.17, 15) is 4.79 Å². The minimum absolute atomic E-state index is 0.343. The summed E-state index contributed by atoms with van der Waals surface area (Å²) >= 11 is -3.36. The van der Waals surface area contributed by atoms with E-state index >= 15 is 0 Å². The molecule has 1 unspecified atom stereocenters. The number of methoxy groups -OCH3 is 1. The monoisotopic (exact) mass is 364 g/mol. The molecule has 0 aliphatic rings. The van der Waals surface area contributed by atoms with Crippen molar-refractivity contribution >= 4 is 43.4 Å². The fraction of sp³-hybridized carbons (Fsp3) is 0.300. The maximum absolute atomic E-state index is 11.4. The van der Waals surface area contributed by atoms with Crippen molar-refractivity contribution in [2.24, 2.45) is 0 Å². The molecule has 5 heteroatoms. The third-order valence-corrected chi connectivity index (χ3v) is 13.7. The van der Waals surface area contributed by atoms with Gasteiger partial charge in [0.15, 0.2) is 0 Å². The Morgan fingerprint density at radius 2 is 1.87 bits per heavy atom. The van der Waals surface area contributed by atoms with Crippen molar-refractivity contribution in [2.75, 3.05) is 7.11 Å². The number of esters is 1. The molecule has 84 valence electrons. The van der Waals surface area contributed by atoms with Crippen LogP contribution in [0.1, 0.15) is 6.92 Å². The third kappa shape index (κ3) is 3.01. The Labute approximate surface area is 101 Å². The van der Waals surface area contributed by atoms with Gasteiger partial charge in [0.25, 0.3) is 0 Å². The SMILES string of the molecule is COC(=O)C(C)[Te](Cl)(Cl)c1ccccc1. The van der Waals surface area contributed by atoms with Gasteiger partial charge in [-0.05, 0) is 0 Å². The molecule has 1 aromatic rings. The van der Waals surface area contributed by atoms with Gasteiger partial charge < -0.3 is 0 Å². The van der Waals surface area contributed by atoms with Gasteiger partial charge >= 0.3 is 101 Å². The van der Waals surface area contributed by atoms with Gasteiger partial charge in [0.05, 0.1) is 0 Å². The number of rotatable bonds is 3. The molecule has 0 fully saturated rings. The summed E-state index contributed by atoms with van der Waals surface area (Å²) in [6.07, 6.45) is 0. The van der Waals surface area contributed by atoms with E-state index in [4.69, 9.17) is 17.9 Å². The van der Waals surface area contributed by atoms with Crippen LogP contribution in [-0.4, -0.2) is 29.0 Å². The minimum atomic E-state index is -3.36. The predicted molar refractivity (Wildman–Crippen MR) is 65.0 cm³/mol. The van der Waals surface area contributed by atoms with E-state index < -0.39 is 19.9 Å². The predicted octanol–water partition coefficient (Wildman–Crippen LogP) is 2.38. The molecule has 0 N–H and O–H groups in total. The topological polar surface area (TPSA) is 26.3 Å². The Morgan fingerprint density at radius 3 is 2.33 bits per heavy atom. The number of hydrogen-bond acceptors (Lipinski definition) is 2. The molecular weight excluding hydrogens is 351 g/mol. The molecular formula is C10H12Cl2O2Te. The second-order valence-corrected chi connectivity index (χ2v) is 16.8. The molecule has 0 heterocycles. The van der Waals surface area contributed by atoms with Gasteiger partial charge in [0.2, 0.25) is 0 Å². The van der Waals surface area contributed by atoms with Crippen LogP contribution in [0.3, 0.4) is 0 Å². The van der Waals surface area contributed by atoms with Crippen LogP contribution < -0.4 is 3.61 Å². The Balaban J connectivity index is 2.97. The average Bonchev–Trinajstić information content (AvgIpc) is 2.28. The van der Waals surface area contributed by atoms with Gasteiger partial charge in [-0.3, -0.25) is 0 Å². The normalized spacial score (nSPS) is 14.4. The maximum atomic E-state index is 11.4. The van der Waals surface area contributed by atoms with Gasteiger partial charge in [-0.15, -0.1) is 0 Å². The molecule has 1 aromatic carbocycles. The van der Waals surface area contributed by atoms with E-state index in [1.807, 2.05) is 30.3 Å². The van der Waals surface area contributed by atoms with Gasteiger partial charge in [-0.25, -0.2) is 0 Å². The molecule has 1 atom stereocenters. The summed E-state index contributed by atoms with van der Waals surface area (Å²) in [7, 11) is 14.0. The summed E-state index contributed by atoms with van der Waals surface area (Å²) in [5.74, 6) is -0.343. The summed E-state index contributed by atoms with van der Waals surface area (Å²) in [5, 5.41) is 0. The first-order valence-corrected chi connectivity index (χ1v) is 12.8. The molecule has 0 bridgehead atoms. The van der Waals surface area contributed by atoms with Crippen LogP contribution in [0.2, 0.25) is 3.97 Å². The number of hydrogen-bond donors (Lipinski definition) is 0. The van der Waals surface area contributed by atoms with Crippen LogP contribution in [0, 0.1) is 0 Å². The standard InChI is InChI=1S/C10H12Cl2O2Te/c1-8(10(13)14-2)15(11,12)9-6-4-3-5-7-9/h3-8H,1-2H3. The molecule has 15 heavy (non-hydrogen) atoms. The third-order valence-electron chi connectivity index (χ3n) is 2.03. The quantitative estimate of drug-likeness (QED) is 0.609. The number of halogens is 2. The van der Waals surface area contributed by atoms with Gasteiger partial charge in [-0.1, -0.05) is 0 Å². The Bertz CT molecular complexity index is 341. The Kier molecular flexibility index (Phi) is 4.73. The summed E-state index contributed by atoms with van der Waals surface area (Å²) in [4.78, 5) is 11.4. The van der Waals surface area contributed by atoms with Crippen LogP contribution in [0.4, 0.5) is 0 Å². The van der Waals surface area contributed by atoms with E-state index in [1.54, 1.807) is 6.92 Å². The number of benzene rings is 1. The number of ether oxygens (including phenoxy) is 1. The summed E-state index contributed by atoms with van der Waals surface area (Å²) < 4.78 is 5.11. The van der Waals surface area contributed by atoms with E-state index in [1.165, 1.54) is 7.11 Å². The molecule has 0 aliphatic carbocycles. The van der Waals surface area contributed by atoms with Crippen molar-refractivity contribution in [1.82, 2.24) is 0 Å². The molecule has 0 saturated carbocycles. The van der Waals surface area contributed by atoms with Crippen molar-refractivity contribution in [1.29, 1.82) is 0 Å². The Morgan fingerprint density at radius 1 is 1.33 bits per heavy atom. The second kappa shape index (κ2) is 5.41. The van der Waals surface area contributed by atoms with E-state index in [2.05, 4.69) is 4.74 Å². The first kappa shape index (κ1) is 13.1. The van der Waals surface area contributed by atoms with Gasteiger partial charge in [0.1, 0.15) is 0 Å². The van der Waals surface area contributed by atoms with Crippen LogP contribution in [0.5, 0.6) is 0 Å². The van der Waals surface area contributed by atoms with Crippen molar-refractivity contribution in [3.05, 3.63) is 30.3 Å². The first-order chi connectivity index (χ1) is 7.00. The molecule has 0 radical (unpaired) electrons. The molecule has 0 aromatic heterocycles. The molecule has 0 saturated heterocycles. The Hall–Kier alpha value is 0.0596. The van der Waals surface area contributed by atoms with Crippen molar-refractivity contribution in [3.63, 3.8) is 0 Å². The number of carbonyl (C=O) groups excluding carboxylic acids is 1. The zero-order valence-electron chi connectivity index (χ0n) is 8.44. The summed E-state index contributed by atoms with van der Waals surface area (Å²) in [5.41, 5.74) is 0. The molecule has 0 aliphatic heterocycles. The van der Waals surface area contributed by atoms with E-state index in [0.29, 0.717) is 0 Å². The molecule has 0 amide bonds. The van der Waals surface area contributed by atoms with Crippen LogP contribution in [0.25, 0.3) is 0 Å². The fourth-order valence-corrected chi connectivity index (χ4v) is 7.06. The van der Waals surface area contributed by atoms with Crippen LogP contribution in [0.15, 0.2) is 30.3 Å².